The van der Waals surface area contributed by atoms with Gasteiger partial charge in [-0.2, -0.15) is 0 Å². The maximum atomic E-state index is 6.53. The van der Waals surface area contributed by atoms with Crippen LogP contribution in [0.4, 0.5) is 0 Å². The molecule has 106 valence electrons. The molecule has 0 radical (unpaired) electrons. The van der Waals surface area contributed by atoms with Gasteiger partial charge in [-0.15, -0.1) is 11.6 Å². The Morgan fingerprint density at radius 3 is 2.74 bits per heavy atom. The van der Waals surface area contributed by atoms with E-state index in [0.717, 1.165) is 25.4 Å². The van der Waals surface area contributed by atoms with Gasteiger partial charge in [0.25, 0.3) is 0 Å². The maximum absolute atomic E-state index is 6.53. The first-order chi connectivity index (χ1) is 9.08. The van der Waals surface area contributed by atoms with Crippen molar-refractivity contribution in [2.24, 2.45) is 5.92 Å². The molecule has 19 heavy (non-hydrogen) atoms. The number of halogens is 1. The molecule has 0 spiro atoms. The fourth-order valence-electron chi connectivity index (χ4n) is 2.94. The van der Waals surface area contributed by atoms with E-state index in [9.17, 15) is 0 Å². The third-order valence-corrected chi connectivity index (χ3v) is 4.46. The molecule has 0 heterocycles. The van der Waals surface area contributed by atoms with Crippen LogP contribution in [0.5, 0.6) is 0 Å². The maximum Gasteiger partial charge on any atom is 0.0580 e. The Morgan fingerprint density at radius 2 is 2.05 bits per heavy atom. The molecule has 0 aromatic heterocycles. The number of ether oxygens (including phenoxy) is 1. The van der Waals surface area contributed by atoms with Crippen LogP contribution in [-0.4, -0.2) is 18.1 Å². The molecule has 1 aromatic carbocycles. The average molecular weight is 281 g/mol. The molecule has 0 aliphatic heterocycles. The summed E-state index contributed by atoms with van der Waals surface area (Å²) < 4.78 is 5.60. The highest BCUT2D eigenvalue weighted by Crippen LogP contribution is 2.35. The summed E-state index contributed by atoms with van der Waals surface area (Å²) in [5.41, 5.74) is 4.09. The molecule has 1 saturated carbocycles. The molecule has 1 nitrogen and oxygen atoms in total. The Labute approximate surface area is 122 Å². The van der Waals surface area contributed by atoms with Crippen LogP contribution in [0.3, 0.4) is 0 Å². The van der Waals surface area contributed by atoms with E-state index in [0.29, 0.717) is 6.10 Å². The third-order valence-electron chi connectivity index (χ3n) is 4.13. The van der Waals surface area contributed by atoms with E-state index >= 15 is 0 Å². The molecule has 1 aliphatic carbocycles. The van der Waals surface area contributed by atoms with Crippen molar-refractivity contribution >= 4 is 11.6 Å². The van der Waals surface area contributed by atoms with Crippen molar-refractivity contribution in [1.29, 1.82) is 0 Å². The number of hydrogen-bond donors (Lipinski definition) is 0. The van der Waals surface area contributed by atoms with Gasteiger partial charge in [-0.3, -0.25) is 0 Å². The van der Waals surface area contributed by atoms with Crippen LogP contribution < -0.4 is 0 Å². The van der Waals surface area contributed by atoms with Gasteiger partial charge in [-0.05, 0) is 63.5 Å². The Kier molecular flexibility index (Phi) is 5.29. The fraction of sp³-hybridized carbons (Fsp3) is 0.647. The quantitative estimate of drug-likeness (QED) is 0.689. The van der Waals surface area contributed by atoms with Crippen molar-refractivity contribution in [1.82, 2.24) is 0 Å². The molecule has 0 amide bonds. The molecule has 2 heteroatoms. The Hall–Kier alpha value is -0.530. The van der Waals surface area contributed by atoms with Gasteiger partial charge in [-0.25, -0.2) is 0 Å². The molecule has 0 saturated heterocycles. The first-order valence-corrected chi connectivity index (χ1v) is 7.84. The second kappa shape index (κ2) is 6.76. The molecule has 1 atom stereocenters. The van der Waals surface area contributed by atoms with E-state index in [1.165, 1.54) is 29.5 Å². The van der Waals surface area contributed by atoms with Crippen LogP contribution in [0.15, 0.2) is 18.2 Å². The molecule has 0 N–H and O–H groups in total. The smallest absolute Gasteiger partial charge is 0.0580 e. The van der Waals surface area contributed by atoms with Crippen LogP contribution in [0.2, 0.25) is 0 Å². The summed E-state index contributed by atoms with van der Waals surface area (Å²) in [5.74, 6) is 0.768. The van der Waals surface area contributed by atoms with Crippen molar-refractivity contribution in [2.75, 3.05) is 6.61 Å². The summed E-state index contributed by atoms with van der Waals surface area (Å²) in [7, 11) is 0. The Bertz CT molecular complexity index is 410. The third kappa shape index (κ3) is 4.22. The van der Waals surface area contributed by atoms with E-state index in [-0.39, 0.29) is 5.38 Å². The van der Waals surface area contributed by atoms with Crippen molar-refractivity contribution in [3.63, 3.8) is 0 Å². The first kappa shape index (κ1) is 14.9. The van der Waals surface area contributed by atoms with E-state index in [4.69, 9.17) is 16.3 Å². The predicted octanol–water partition coefficient (Wildman–Crippen LogP) is 4.66. The van der Waals surface area contributed by atoms with Crippen LogP contribution in [-0.2, 0) is 11.2 Å². The van der Waals surface area contributed by atoms with Gasteiger partial charge in [0.05, 0.1) is 6.10 Å². The van der Waals surface area contributed by atoms with Crippen molar-refractivity contribution in [3.05, 3.63) is 34.9 Å². The number of rotatable bonds is 6. The second-order valence-electron chi connectivity index (χ2n) is 5.88. The van der Waals surface area contributed by atoms with Gasteiger partial charge < -0.3 is 4.74 Å². The minimum atomic E-state index is 0.257. The van der Waals surface area contributed by atoms with E-state index in [2.05, 4.69) is 39.0 Å². The molecule has 0 bridgehead atoms. The second-order valence-corrected chi connectivity index (χ2v) is 6.50. The standard InChI is InChI=1S/C17H25ClO/c1-4-19-17-9-14(10-17)8-16(18)11-15-7-12(2)5-6-13(15)3/h5-7,14,16-17H,4,8-11H2,1-3H3. The summed E-state index contributed by atoms with van der Waals surface area (Å²) in [6.07, 6.45) is 5.01. The summed E-state index contributed by atoms with van der Waals surface area (Å²) in [6, 6.07) is 6.64. The lowest BCUT2D eigenvalue weighted by molar-refractivity contribution is -0.0266. The largest absolute Gasteiger partial charge is 0.378 e. The summed E-state index contributed by atoms with van der Waals surface area (Å²) in [4.78, 5) is 0. The highest BCUT2D eigenvalue weighted by atomic mass is 35.5. The van der Waals surface area contributed by atoms with Crippen LogP contribution in [0, 0.1) is 19.8 Å². The summed E-state index contributed by atoms with van der Waals surface area (Å²) in [6.45, 7) is 7.22. The van der Waals surface area contributed by atoms with Gasteiger partial charge in [0.15, 0.2) is 0 Å². The molecule has 1 aliphatic rings. The zero-order valence-corrected chi connectivity index (χ0v) is 13.0. The van der Waals surface area contributed by atoms with Crippen LogP contribution in [0.1, 0.15) is 42.9 Å². The van der Waals surface area contributed by atoms with Gasteiger partial charge in [0, 0.05) is 12.0 Å². The highest BCUT2D eigenvalue weighted by molar-refractivity contribution is 6.20. The number of aryl methyl sites for hydroxylation is 2. The lowest BCUT2D eigenvalue weighted by Gasteiger charge is -2.36. The molecule has 1 fully saturated rings. The topological polar surface area (TPSA) is 9.23 Å². The highest BCUT2D eigenvalue weighted by Gasteiger charge is 2.30. The summed E-state index contributed by atoms with van der Waals surface area (Å²) in [5, 5.41) is 0.257. The lowest BCUT2D eigenvalue weighted by Crippen LogP contribution is -2.33. The van der Waals surface area contributed by atoms with Crippen molar-refractivity contribution < 1.29 is 4.74 Å². The van der Waals surface area contributed by atoms with E-state index in [1.54, 1.807) is 0 Å². The number of alkyl halides is 1. The molecule has 2 rings (SSSR count). The Balaban J connectivity index is 1.79. The normalized spacial score (nSPS) is 24.0. The zero-order valence-electron chi connectivity index (χ0n) is 12.3. The van der Waals surface area contributed by atoms with Crippen molar-refractivity contribution in [3.8, 4) is 0 Å². The minimum Gasteiger partial charge on any atom is -0.378 e. The molecular weight excluding hydrogens is 256 g/mol. The minimum absolute atomic E-state index is 0.257. The monoisotopic (exact) mass is 280 g/mol. The molecule has 1 aromatic rings. The van der Waals surface area contributed by atoms with Gasteiger partial charge >= 0.3 is 0 Å². The fourth-order valence-corrected chi connectivity index (χ4v) is 3.36. The van der Waals surface area contributed by atoms with Crippen LogP contribution >= 0.6 is 11.6 Å². The predicted molar refractivity (Wildman–Crippen MR) is 82.0 cm³/mol. The van der Waals surface area contributed by atoms with Gasteiger partial charge in [0.2, 0.25) is 0 Å². The lowest BCUT2D eigenvalue weighted by atomic mass is 9.78. The van der Waals surface area contributed by atoms with Crippen LogP contribution in [0.25, 0.3) is 0 Å². The van der Waals surface area contributed by atoms with Gasteiger partial charge in [0.1, 0.15) is 0 Å². The van der Waals surface area contributed by atoms with E-state index in [1.807, 2.05) is 0 Å². The molecular formula is C17H25ClO. The first-order valence-electron chi connectivity index (χ1n) is 7.40. The Morgan fingerprint density at radius 1 is 1.32 bits per heavy atom. The average Bonchev–Trinajstić information content (AvgIpc) is 2.31. The van der Waals surface area contributed by atoms with Gasteiger partial charge in [-0.1, -0.05) is 23.8 Å². The number of benzene rings is 1. The molecule has 1 unspecified atom stereocenters. The van der Waals surface area contributed by atoms with Crippen molar-refractivity contribution in [2.45, 2.75) is 57.9 Å². The summed E-state index contributed by atoms with van der Waals surface area (Å²) >= 11 is 6.53. The number of hydrogen-bond acceptors (Lipinski definition) is 1. The SMILES string of the molecule is CCOC1CC(CC(Cl)Cc2cc(C)ccc2C)C1. The zero-order chi connectivity index (χ0) is 13.8. The van der Waals surface area contributed by atoms with E-state index < -0.39 is 0 Å².